The first-order valence-corrected chi connectivity index (χ1v) is 10.4. The van der Waals surface area contributed by atoms with Crippen molar-refractivity contribution in [1.29, 1.82) is 0 Å². The first-order chi connectivity index (χ1) is 10.8. The maximum atomic E-state index is 10.8. The van der Waals surface area contributed by atoms with Gasteiger partial charge in [0.15, 0.2) is 6.29 Å². The average Bonchev–Trinajstić information content (AvgIpc) is 3.09. The Morgan fingerprint density at radius 2 is 1.52 bits per heavy atom. The quantitative estimate of drug-likeness (QED) is 0.573. The molecule has 0 radical (unpaired) electrons. The van der Waals surface area contributed by atoms with Gasteiger partial charge in [-0.15, -0.1) is 0 Å². The van der Waals surface area contributed by atoms with Gasteiger partial charge in [-0.1, -0.05) is 13.8 Å². The summed E-state index contributed by atoms with van der Waals surface area (Å²) in [5.41, 5.74) is 0. The van der Waals surface area contributed by atoms with Crippen molar-refractivity contribution in [2.45, 2.75) is 78.0 Å². The summed E-state index contributed by atoms with van der Waals surface area (Å²) in [4.78, 5) is 8.93. The van der Waals surface area contributed by atoms with Crippen molar-refractivity contribution in [1.82, 2.24) is 5.09 Å². The minimum Gasteiger partial charge on any atom is -0.400 e. The van der Waals surface area contributed by atoms with Crippen molar-refractivity contribution in [3.05, 3.63) is 0 Å². The van der Waals surface area contributed by atoms with Crippen LogP contribution in [0.4, 0.5) is 0 Å². The summed E-state index contributed by atoms with van der Waals surface area (Å²) >= 11 is 0. The third kappa shape index (κ3) is 15.3. The molecule has 0 saturated carbocycles. The molecule has 2 fully saturated rings. The summed E-state index contributed by atoms with van der Waals surface area (Å²) in [6, 6.07) is 0. The van der Waals surface area contributed by atoms with Gasteiger partial charge >= 0.3 is 0 Å². The van der Waals surface area contributed by atoms with Gasteiger partial charge in [0.1, 0.15) is 0 Å². The molecule has 4 N–H and O–H groups in total. The molecule has 0 spiro atoms. The lowest BCUT2D eigenvalue weighted by Crippen LogP contribution is -2.24. The van der Waals surface area contributed by atoms with Crippen LogP contribution in [0.5, 0.6) is 0 Å². The number of hydrogen-bond donors (Lipinski definition) is 4. The first-order valence-electron chi connectivity index (χ1n) is 8.25. The van der Waals surface area contributed by atoms with Crippen molar-refractivity contribution >= 4 is 7.52 Å². The van der Waals surface area contributed by atoms with Gasteiger partial charge in [-0.25, -0.2) is 5.09 Å². The molecule has 0 aromatic rings. The van der Waals surface area contributed by atoms with E-state index in [1.165, 1.54) is 6.66 Å². The largest absolute Gasteiger partial charge is 0.400 e. The molecule has 2 aliphatic rings. The molecule has 0 amide bonds. The van der Waals surface area contributed by atoms with Gasteiger partial charge in [-0.2, -0.15) is 0 Å². The average molecular weight is 357 g/mol. The topological polar surface area (TPSA) is 108 Å². The monoisotopic (exact) mass is 357 g/mol. The third-order valence-electron chi connectivity index (χ3n) is 3.14. The number of ether oxygens (including phenoxy) is 2. The summed E-state index contributed by atoms with van der Waals surface area (Å²) in [6.45, 7) is 9.76. The molecule has 2 rings (SSSR count). The lowest BCUT2D eigenvalue weighted by molar-refractivity contribution is -0.0849. The molecular weight excluding hydrogens is 321 g/mol. The predicted octanol–water partition coefficient (Wildman–Crippen LogP) is 2.10. The smallest absolute Gasteiger partial charge is 0.264 e. The Hall–Kier alpha value is -0.0100. The van der Waals surface area contributed by atoms with Crippen LogP contribution in [0.2, 0.25) is 0 Å². The van der Waals surface area contributed by atoms with Gasteiger partial charge < -0.3 is 24.6 Å². The van der Waals surface area contributed by atoms with E-state index in [-0.39, 0.29) is 12.2 Å². The van der Waals surface area contributed by atoms with Crippen LogP contribution in [0.15, 0.2) is 0 Å². The normalized spacial score (nSPS) is 31.5. The fraction of sp³-hybridized carbons (Fsp3) is 1.00. The van der Waals surface area contributed by atoms with Gasteiger partial charge in [0.05, 0.1) is 18.3 Å². The van der Waals surface area contributed by atoms with E-state index in [4.69, 9.17) is 24.6 Å². The molecule has 0 aromatic carbocycles. The molecule has 2 saturated heterocycles. The number of rotatable bonds is 3. The molecule has 5 atom stereocenters. The fourth-order valence-corrected chi connectivity index (χ4v) is 2.63. The zero-order valence-electron chi connectivity index (χ0n) is 15.4. The van der Waals surface area contributed by atoms with Crippen molar-refractivity contribution < 1.29 is 29.1 Å². The third-order valence-corrected chi connectivity index (χ3v) is 3.91. The van der Waals surface area contributed by atoms with Crippen LogP contribution in [-0.4, -0.2) is 60.0 Å². The van der Waals surface area contributed by atoms with Crippen LogP contribution < -0.4 is 5.09 Å². The minimum absolute atomic E-state index is 0.112. The Morgan fingerprint density at radius 3 is 1.78 bits per heavy atom. The Labute approximate surface area is 140 Å². The van der Waals surface area contributed by atoms with E-state index in [1.807, 2.05) is 27.7 Å². The van der Waals surface area contributed by atoms with Gasteiger partial charge in [0.2, 0.25) is 0 Å². The SMILES string of the molecule is CC.CO.C[C@H]1CC[C@@H](CNP(C)(=O)O)O1.C[C@H]1CC[C@@H](O)O1. The maximum absolute atomic E-state index is 10.8. The van der Waals surface area contributed by atoms with Crippen LogP contribution in [-0.2, 0) is 14.0 Å². The molecule has 2 heterocycles. The highest BCUT2D eigenvalue weighted by atomic mass is 31.2. The zero-order chi connectivity index (χ0) is 18.5. The first kappa shape index (κ1) is 25.2. The highest BCUT2D eigenvalue weighted by Crippen LogP contribution is 2.29. The Kier molecular flexibility index (Phi) is 15.7. The molecule has 7 nitrogen and oxygen atoms in total. The number of aliphatic hydroxyl groups is 2. The predicted molar refractivity (Wildman–Crippen MR) is 92.6 cm³/mol. The van der Waals surface area contributed by atoms with Crippen molar-refractivity contribution in [2.24, 2.45) is 0 Å². The van der Waals surface area contributed by atoms with E-state index >= 15 is 0 Å². The van der Waals surface area contributed by atoms with Crippen molar-refractivity contribution in [3.63, 3.8) is 0 Å². The Morgan fingerprint density at radius 1 is 1.04 bits per heavy atom. The van der Waals surface area contributed by atoms with E-state index in [2.05, 4.69) is 5.09 Å². The minimum atomic E-state index is -3.07. The van der Waals surface area contributed by atoms with Crippen LogP contribution in [0.1, 0.15) is 53.4 Å². The molecular formula is C15H36NO6P. The van der Waals surface area contributed by atoms with E-state index in [0.29, 0.717) is 12.6 Å². The number of aliphatic hydroxyl groups excluding tert-OH is 2. The summed E-state index contributed by atoms with van der Waals surface area (Å²) in [7, 11) is -2.07. The Balaban J connectivity index is 0. The highest BCUT2D eigenvalue weighted by Gasteiger charge is 2.23. The van der Waals surface area contributed by atoms with E-state index in [1.54, 1.807) is 0 Å². The lowest BCUT2D eigenvalue weighted by Gasteiger charge is -2.13. The summed E-state index contributed by atoms with van der Waals surface area (Å²) in [5, 5.41) is 18.2. The molecule has 23 heavy (non-hydrogen) atoms. The number of nitrogens with one attached hydrogen (secondary N) is 1. The van der Waals surface area contributed by atoms with Gasteiger partial charge in [-0.3, -0.25) is 4.57 Å². The second kappa shape index (κ2) is 14.3. The summed E-state index contributed by atoms with van der Waals surface area (Å²) in [6.07, 6.45) is 4.04. The van der Waals surface area contributed by atoms with E-state index < -0.39 is 13.8 Å². The molecule has 0 bridgehead atoms. The second-order valence-corrected chi connectivity index (χ2v) is 7.44. The second-order valence-electron chi connectivity index (χ2n) is 5.37. The Bertz CT molecular complexity index is 304. The van der Waals surface area contributed by atoms with Crippen LogP contribution in [0.3, 0.4) is 0 Å². The molecule has 8 heteroatoms. The van der Waals surface area contributed by atoms with Crippen LogP contribution in [0.25, 0.3) is 0 Å². The maximum Gasteiger partial charge on any atom is 0.264 e. The zero-order valence-corrected chi connectivity index (χ0v) is 16.3. The lowest BCUT2D eigenvalue weighted by atomic mass is 10.2. The fourth-order valence-electron chi connectivity index (χ4n) is 2.09. The standard InChI is InChI=1S/C7H16NO3P.C5H10O2.C2H6.CH4O/c1-6-3-4-7(11-6)5-8-12(2,9)10;1-4-2-3-5(6)7-4;2*1-2/h6-7H,3-5H2,1-2H3,(H2,8,9,10);4-6H,2-3H2,1H3;1-2H3;2H,1H3/t6-,7-;4-,5-;;/m00../s1. The van der Waals surface area contributed by atoms with Crippen LogP contribution >= 0.6 is 7.52 Å². The summed E-state index contributed by atoms with van der Waals surface area (Å²) < 4.78 is 21.2. The van der Waals surface area contributed by atoms with E-state index in [0.717, 1.165) is 32.8 Å². The highest BCUT2D eigenvalue weighted by molar-refractivity contribution is 7.54. The molecule has 1 unspecified atom stereocenters. The van der Waals surface area contributed by atoms with Crippen molar-refractivity contribution in [2.75, 3.05) is 20.3 Å². The number of hydrogen-bond acceptors (Lipinski definition) is 5. The van der Waals surface area contributed by atoms with E-state index in [9.17, 15) is 4.57 Å². The molecule has 142 valence electrons. The van der Waals surface area contributed by atoms with Crippen molar-refractivity contribution in [3.8, 4) is 0 Å². The summed E-state index contributed by atoms with van der Waals surface area (Å²) in [5.74, 6) is 0. The van der Waals surface area contributed by atoms with Gasteiger partial charge in [0.25, 0.3) is 7.52 Å². The molecule has 0 aliphatic carbocycles. The molecule has 2 aliphatic heterocycles. The van der Waals surface area contributed by atoms with Crippen LogP contribution in [0, 0.1) is 0 Å². The van der Waals surface area contributed by atoms with Gasteiger partial charge in [0, 0.05) is 26.7 Å². The van der Waals surface area contributed by atoms with Gasteiger partial charge in [-0.05, 0) is 33.1 Å². The molecule has 0 aromatic heterocycles.